The van der Waals surface area contributed by atoms with Gasteiger partial charge in [-0.3, -0.25) is 14.4 Å². The summed E-state index contributed by atoms with van der Waals surface area (Å²) < 4.78 is 21.6. The van der Waals surface area contributed by atoms with E-state index < -0.39 is 12.1 Å². The maximum atomic E-state index is 13.0. The number of esters is 1. The number of hydrogen-bond donors (Lipinski definition) is 3. The lowest BCUT2D eigenvalue weighted by Crippen LogP contribution is -2.45. The summed E-state index contributed by atoms with van der Waals surface area (Å²) in [6.45, 7) is 16.4. The Morgan fingerprint density at radius 2 is 1.83 bits per heavy atom. The largest absolute Gasteiger partial charge is 0.497 e. The van der Waals surface area contributed by atoms with Gasteiger partial charge in [0.2, 0.25) is 12.3 Å². The number of nitrogens with zero attached hydrogens (tertiary/aromatic N) is 3. The zero-order valence-corrected chi connectivity index (χ0v) is 31.7. The molecule has 0 spiro atoms. The number of amides is 2. The molecule has 5 rings (SSSR count). The molecule has 0 saturated carbocycles. The Morgan fingerprint density at radius 1 is 1.11 bits per heavy atom. The predicted molar refractivity (Wildman–Crippen MR) is 204 cm³/mol. The normalized spacial score (nSPS) is 19.3. The van der Waals surface area contributed by atoms with Crippen molar-refractivity contribution in [2.45, 2.75) is 83.2 Å². The van der Waals surface area contributed by atoms with Crippen molar-refractivity contribution in [3.8, 4) is 22.8 Å². The molecule has 1 aromatic heterocycles. The number of hydrazine groups is 1. The van der Waals surface area contributed by atoms with Crippen molar-refractivity contribution >= 4 is 29.2 Å². The Hall–Kier alpha value is -4.82. The van der Waals surface area contributed by atoms with Crippen molar-refractivity contribution in [2.24, 2.45) is 0 Å². The molecule has 288 valence electrons. The van der Waals surface area contributed by atoms with E-state index in [0.717, 1.165) is 46.5 Å². The minimum absolute atomic E-state index is 0.0417. The minimum Gasteiger partial charge on any atom is -0.497 e. The van der Waals surface area contributed by atoms with Crippen LogP contribution in [0.2, 0.25) is 0 Å². The van der Waals surface area contributed by atoms with Gasteiger partial charge in [0.1, 0.15) is 29.7 Å². The summed E-state index contributed by atoms with van der Waals surface area (Å²) in [5.41, 5.74) is 4.52. The molecule has 2 amide bonds. The number of ether oxygens (including phenoxy) is 4. The number of hydrogen-bond acceptors (Lipinski definition) is 11. The molecule has 0 radical (unpaired) electrons. The second-order valence-electron chi connectivity index (χ2n) is 13.4. The lowest BCUT2D eigenvalue weighted by molar-refractivity contribution is -0.144. The first-order valence-corrected chi connectivity index (χ1v) is 17.8. The summed E-state index contributed by atoms with van der Waals surface area (Å²) in [4.78, 5) is 41.8. The van der Waals surface area contributed by atoms with Crippen LogP contribution < -0.4 is 20.4 Å². The molecule has 0 aliphatic carbocycles. The third-order valence-electron chi connectivity index (χ3n) is 8.62. The van der Waals surface area contributed by atoms with Gasteiger partial charge in [-0.05, 0) is 59.1 Å². The second-order valence-corrected chi connectivity index (χ2v) is 13.4. The molecule has 0 bridgehead atoms. The van der Waals surface area contributed by atoms with Crippen LogP contribution in [0.25, 0.3) is 22.2 Å². The molecule has 13 nitrogen and oxygen atoms in total. The molecular weight excluding hydrogens is 678 g/mol. The van der Waals surface area contributed by atoms with Gasteiger partial charge in [0.15, 0.2) is 0 Å². The first-order chi connectivity index (χ1) is 25.4. The average molecular weight is 734 g/mol. The van der Waals surface area contributed by atoms with Gasteiger partial charge in [0.25, 0.3) is 0 Å². The number of rotatable bonds is 15. The van der Waals surface area contributed by atoms with Crippen LogP contribution in [-0.2, 0) is 23.9 Å². The first-order valence-electron chi connectivity index (χ1n) is 17.8. The summed E-state index contributed by atoms with van der Waals surface area (Å²) in [5.74, 6) is 1.04. The van der Waals surface area contributed by atoms with Crippen LogP contribution in [0, 0.1) is 0 Å². The predicted octanol–water partition coefficient (Wildman–Crippen LogP) is 5.47. The maximum Gasteiger partial charge on any atom is 0.326 e. The van der Waals surface area contributed by atoms with Crippen molar-refractivity contribution in [1.82, 2.24) is 25.8 Å². The van der Waals surface area contributed by atoms with Crippen LogP contribution in [0.15, 0.2) is 79.9 Å². The summed E-state index contributed by atoms with van der Waals surface area (Å²) >= 11 is 0. The minimum atomic E-state index is -0.523. The molecule has 2 fully saturated rings. The van der Waals surface area contributed by atoms with Gasteiger partial charge >= 0.3 is 5.97 Å². The number of allylic oxidation sites excluding steroid dienone is 1. The van der Waals surface area contributed by atoms with E-state index in [1.54, 1.807) is 32.1 Å². The Bertz CT molecular complexity index is 1650. The molecule has 13 heteroatoms. The maximum absolute atomic E-state index is 13.0. The highest BCUT2D eigenvalue weighted by atomic mass is 16.5. The van der Waals surface area contributed by atoms with Crippen molar-refractivity contribution in [3.63, 3.8) is 0 Å². The molecule has 53 heavy (non-hydrogen) atoms. The van der Waals surface area contributed by atoms with Gasteiger partial charge in [0, 0.05) is 43.2 Å². The van der Waals surface area contributed by atoms with E-state index in [2.05, 4.69) is 18.5 Å². The first kappa shape index (κ1) is 42.6. The van der Waals surface area contributed by atoms with Crippen LogP contribution in [0.1, 0.15) is 53.4 Å². The molecule has 2 aromatic carbocycles. The Morgan fingerprint density at radius 3 is 2.40 bits per heavy atom. The highest BCUT2D eigenvalue weighted by Gasteiger charge is 2.52. The number of aromatic nitrogens is 1. The van der Waals surface area contributed by atoms with Crippen molar-refractivity contribution in [2.75, 3.05) is 33.9 Å². The van der Waals surface area contributed by atoms with Crippen LogP contribution in [0.3, 0.4) is 0 Å². The number of unbranched alkanes of at least 4 members (excludes halogenated alkanes) is 1. The van der Waals surface area contributed by atoms with Crippen LogP contribution in [-0.4, -0.2) is 102 Å². The van der Waals surface area contributed by atoms with Crippen LogP contribution >= 0.6 is 0 Å². The molecular formula is C40H55N5O8. The third kappa shape index (κ3) is 12.7. The molecule has 5 atom stereocenters. The molecule has 3 N–H and O–H groups in total. The summed E-state index contributed by atoms with van der Waals surface area (Å²) in [7, 11) is 3.34. The monoisotopic (exact) mass is 733 g/mol. The smallest absolute Gasteiger partial charge is 0.326 e. The van der Waals surface area contributed by atoms with Gasteiger partial charge in [-0.15, -0.1) is 18.7 Å². The fourth-order valence-electron chi connectivity index (χ4n) is 5.51. The summed E-state index contributed by atoms with van der Waals surface area (Å²) in [6.07, 6.45) is 6.74. The summed E-state index contributed by atoms with van der Waals surface area (Å²) in [5, 5.41) is 13.4. The van der Waals surface area contributed by atoms with Crippen LogP contribution in [0.4, 0.5) is 0 Å². The fourth-order valence-corrected chi connectivity index (χ4v) is 5.51. The number of methoxy groups -OCH3 is 2. The second kappa shape index (κ2) is 21.0. The lowest BCUT2D eigenvalue weighted by atomic mass is 10.1. The highest BCUT2D eigenvalue weighted by molar-refractivity contribution is 5.89. The Kier molecular flexibility index (Phi) is 16.9. The van der Waals surface area contributed by atoms with E-state index >= 15 is 0 Å². The average Bonchev–Trinajstić information content (AvgIpc) is 3.71. The van der Waals surface area contributed by atoms with Gasteiger partial charge in [-0.1, -0.05) is 42.5 Å². The molecule has 2 saturated heterocycles. The molecule has 3 aromatic rings. The van der Waals surface area contributed by atoms with Crippen LogP contribution in [0.5, 0.6) is 11.5 Å². The SMILES string of the molecule is C=CCCC[C@H](NC=O)C(=O)N1CC[C@@H](Oc2cc(-c3ccccc3)nc3cc(OC)ccc23)C1.C=C[C@H]1C(C(=O)OCC)N1NO.COC(C)(C)C. The molecule has 2 aliphatic rings. The van der Waals surface area contributed by atoms with Gasteiger partial charge in [-0.2, -0.15) is 5.01 Å². The topological polar surface area (TPSA) is 152 Å². The zero-order valence-electron chi connectivity index (χ0n) is 31.7. The number of fused-ring (bicyclic) bond motifs is 1. The van der Waals surface area contributed by atoms with Gasteiger partial charge < -0.3 is 34.4 Å². The Labute approximate surface area is 312 Å². The standard InChI is InChI=1S/C28H31N3O4.C7H12N2O3.C5H12O/c1-3-4-6-11-24(29-19-32)28(33)31-15-14-22(18-31)35-27-17-25(20-9-7-5-8-10-20)30-26-16-21(34-2)12-13-23(26)27;1-3-5-6(9(5)8-11)7(10)12-4-2;1-5(2,3)6-4/h3,5,7-10,12-13,16-17,19,22,24H,1,4,6,11,14-15,18H2,2H3,(H,29,32);3,5-6,8,11H,1,4H2,2H3;1-4H3/t22-,24+;5-,6?,9?;/m10./s1. The van der Waals surface area contributed by atoms with E-state index in [4.69, 9.17) is 29.1 Å². The molecule has 2 aliphatic heterocycles. The number of nitrogens with one attached hydrogen (secondary N) is 2. The van der Waals surface area contributed by atoms with E-state index in [0.29, 0.717) is 38.9 Å². The third-order valence-corrected chi connectivity index (χ3v) is 8.62. The number of pyridine rings is 1. The summed E-state index contributed by atoms with van der Waals surface area (Å²) in [6, 6.07) is 16.6. The fraction of sp³-hybridized carbons (Fsp3) is 0.450. The highest BCUT2D eigenvalue weighted by Crippen LogP contribution is 2.34. The quantitative estimate of drug-likeness (QED) is 0.0455. The van der Waals surface area contributed by atoms with Crippen molar-refractivity contribution in [1.29, 1.82) is 0 Å². The van der Waals surface area contributed by atoms with Crippen molar-refractivity contribution < 1.29 is 38.5 Å². The zero-order chi connectivity index (χ0) is 39.0. The number of likely N-dealkylation sites (tertiary alicyclic amines) is 1. The van der Waals surface area contributed by atoms with Gasteiger partial charge in [-0.25, -0.2) is 4.98 Å². The Balaban J connectivity index is 0.000000345. The molecule has 3 heterocycles. The number of carbonyl (C=O) groups excluding carboxylic acids is 3. The van der Waals surface area contributed by atoms with E-state index in [1.165, 1.54) is 5.01 Å². The van der Waals surface area contributed by atoms with E-state index in [1.807, 2.05) is 87.0 Å². The molecule has 2 unspecified atom stereocenters. The number of carbonyl (C=O) groups is 3. The lowest BCUT2D eigenvalue weighted by Gasteiger charge is -2.23. The van der Waals surface area contributed by atoms with Gasteiger partial charge in [0.05, 0.1) is 43.1 Å². The van der Waals surface area contributed by atoms with E-state index in [9.17, 15) is 14.4 Å². The van der Waals surface area contributed by atoms with Crippen molar-refractivity contribution in [3.05, 3.63) is 79.9 Å². The van der Waals surface area contributed by atoms with E-state index in [-0.39, 0.29) is 29.6 Å². The number of benzene rings is 2.